The van der Waals surface area contributed by atoms with E-state index < -0.39 is 0 Å². The zero-order chi connectivity index (χ0) is 10.5. The molecule has 17 heavy (non-hydrogen) atoms. The summed E-state index contributed by atoms with van der Waals surface area (Å²) in [5.74, 6) is 0.639. The van der Waals surface area contributed by atoms with E-state index >= 15 is 0 Å². The normalized spacial score (nSPS) is 18.5. The number of hydrogen-bond donors (Lipinski definition) is 1. The van der Waals surface area contributed by atoms with Gasteiger partial charge >= 0.3 is 100 Å². The molecule has 0 spiro atoms. The summed E-state index contributed by atoms with van der Waals surface area (Å²) in [7, 11) is 0. The first-order valence-corrected chi connectivity index (χ1v) is 7.34. The van der Waals surface area contributed by atoms with Crippen LogP contribution in [0.1, 0.15) is 38.5 Å². The predicted molar refractivity (Wildman–Crippen MR) is 56.6 cm³/mol. The van der Waals surface area contributed by atoms with Gasteiger partial charge in [0.25, 0.3) is 0 Å². The quantitative estimate of drug-likeness (QED) is 0.540. The van der Waals surface area contributed by atoms with E-state index in [0.29, 0.717) is 11.8 Å². The Morgan fingerprint density at radius 1 is 1.24 bits per heavy atom. The van der Waals surface area contributed by atoms with Crippen molar-refractivity contribution in [3.8, 4) is 0 Å². The van der Waals surface area contributed by atoms with Gasteiger partial charge in [-0.3, -0.25) is 0 Å². The summed E-state index contributed by atoms with van der Waals surface area (Å²) in [4.78, 5) is 11.8. The molecule has 2 nitrogen and oxygen atoms in total. The molecule has 2 aliphatic rings. The van der Waals surface area contributed by atoms with Crippen LogP contribution < -0.4 is 28.6 Å². The monoisotopic (exact) mass is 309 g/mol. The van der Waals surface area contributed by atoms with Gasteiger partial charge in [-0.05, 0) is 0 Å². The fraction of sp³-hybridized carbons (Fsp3) is 0.583. The average Bonchev–Trinajstić information content (AvgIpc) is 2.80. The van der Waals surface area contributed by atoms with Gasteiger partial charge in [0, 0.05) is 0 Å². The molecule has 0 atom stereocenters. The van der Waals surface area contributed by atoms with Crippen molar-refractivity contribution < 1.29 is 49.0 Å². The zero-order valence-electron chi connectivity index (χ0n) is 9.72. The molecule has 0 aliphatic heterocycles. The second kappa shape index (κ2) is 9.21. The Labute approximate surface area is 125 Å². The molecule has 0 heterocycles. The molecule has 1 fully saturated rings. The summed E-state index contributed by atoms with van der Waals surface area (Å²) in [5, 5.41) is 0. The third-order valence-electron chi connectivity index (χ3n) is 3.09. The number of carbonyl (C=O) groups is 1. The number of halogens is 2. The van der Waals surface area contributed by atoms with Gasteiger partial charge in [0.1, 0.15) is 0 Å². The second-order valence-electron chi connectivity index (χ2n) is 4.27. The Bertz CT molecular complexity index is 299. The van der Waals surface area contributed by atoms with Gasteiger partial charge in [-0.15, -0.1) is 0 Å². The molecule has 5 heteroatoms. The van der Waals surface area contributed by atoms with Crippen molar-refractivity contribution in [2.24, 2.45) is 5.92 Å². The van der Waals surface area contributed by atoms with Crippen LogP contribution in [-0.2, 0) is 24.2 Å². The fourth-order valence-electron chi connectivity index (χ4n) is 2.15. The Kier molecular flexibility index (Phi) is 9.34. The van der Waals surface area contributed by atoms with Crippen LogP contribution in [0.25, 0.3) is 0 Å². The molecule has 1 N–H and O–H groups in total. The molecule has 0 saturated heterocycles. The third-order valence-corrected chi connectivity index (χ3v) is 4.75. The van der Waals surface area contributed by atoms with Crippen molar-refractivity contribution in [2.45, 2.75) is 38.5 Å². The van der Waals surface area contributed by atoms with Crippen LogP contribution in [0.2, 0.25) is 0 Å². The predicted octanol–water partition coefficient (Wildman–Crippen LogP) is -3.47. The molecule has 2 rings (SSSR count). The van der Waals surface area contributed by atoms with Gasteiger partial charge in [-0.1, -0.05) is 0 Å². The number of amides is 1. The van der Waals surface area contributed by atoms with Crippen LogP contribution in [0.15, 0.2) is 22.1 Å². The summed E-state index contributed by atoms with van der Waals surface area (Å²) < 4.78 is 4.62. The Morgan fingerprint density at radius 3 is 2.53 bits per heavy atom. The molecule has 0 unspecified atom stereocenters. The molecule has 0 aromatic carbocycles. The minimum Gasteiger partial charge on any atom is -1.00 e. The van der Waals surface area contributed by atoms with Crippen LogP contribution >= 0.6 is 0 Å². The largest absolute Gasteiger partial charge is 1.00 e. The molecule has 0 bridgehead atoms. The molecule has 1 saturated carbocycles. The van der Waals surface area contributed by atoms with E-state index in [2.05, 4.69) is 22.0 Å². The summed E-state index contributed by atoms with van der Waals surface area (Å²) in [5.41, 5.74) is 0. The Balaban J connectivity index is 0.00000128. The zero-order valence-corrected chi connectivity index (χ0v) is 12.8. The molecular weight excluding hydrogens is 293 g/mol. The topological polar surface area (TPSA) is 29.1 Å². The number of rotatable bonds is 3. The van der Waals surface area contributed by atoms with Crippen LogP contribution in [0.5, 0.6) is 0 Å². The third kappa shape index (κ3) is 5.61. The molecule has 1 amide bonds. The van der Waals surface area contributed by atoms with E-state index in [1.54, 1.807) is 0 Å². The maximum Gasteiger partial charge on any atom is -1.00 e. The standard InChI is InChI=1S/C7H13NO.C5H5.2ClH.Ti/c8-7(9)6-4-2-1-3-5-6;1-2-4-5-3-1;;;/h6H,1-5H2,(H2,8,9);1-3H,4H2;2*1H;/q;;;;+3/p-3. The first kappa shape index (κ1) is 17.2. The number of allylic oxidation sites excluding steroid dienone is 4. The van der Waals surface area contributed by atoms with E-state index in [1.165, 1.54) is 23.1 Å². The number of carbonyl (C=O) groups excluding carboxylic acids is 1. The van der Waals surface area contributed by atoms with E-state index in [0.717, 1.165) is 19.3 Å². The van der Waals surface area contributed by atoms with Gasteiger partial charge < -0.3 is 24.8 Å². The van der Waals surface area contributed by atoms with Gasteiger partial charge in [0.2, 0.25) is 0 Å². The van der Waals surface area contributed by atoms with E-state index in [9.17, 15) is 4.79 Å². The van der Waals surface area contributed by atoms with Crippen LogP contribution in [0.4, 0.5) is 0 Å². The van der Waals surface area contributed by atoms with Gasteiger partial charge in [-0.2, -0.15) is 0 Å². The van der Waals surface area contributed by atoms with Crippen molar-refractivity contribution in [3.63, 3.8) is 0 Å². The van der Waals surface area contributed by atoms with Crippen molar-refractivity contribution in [1.82, 2.24) is 3.80 Å². The second-order valence-corrected chi connectivity index (χ2v) is 6.06. The number of nitrogens with one attached hydrogen (secondary N) is 1. The van der Waals surface area contributed by atoms with E-state index in [-0.39, 0.29) is 44.2 Å². The van der Waals surface area contributed by atoms with Gasteiger partial charge in [-0.25, -0.2) is 0 Å². The van der Waals surface area contributed by atoms with Crippen LogP contribution in [0, 0.1) is 5.92 Å². The maximum atomic E-state index is 11.8. The first-order valence-electron chi connectivity index (χ1n) is 5.78. The fourth-order valence-corrected chi connectivity index (χ4v) is 3.53. The summed E-state index contributed by atoms with van der Waals surface area (Å²) in [6.07, 6.45) is 13.5. The first-order chi connectivity index (χ1) is 7.36. The number of hydrogen-bond acceptors (Lipinski definition) is 1. The molecular formula is C12H17Cl2NOTi. The Morgan fingerprint density at radius 2 is 1.94 bits per heavy atom. The minimum atomic E-state index is -0.381. The molecule has 2 aliphatic carbocycles. The Hall–Kier alpha value is 0.244. The van der Waals surface area contributed by atoms with E-state index in [1.807, 2.05) is 0 Å². The van der Waals surface area contributed by atoms with Crippen LogP contribution in [0.3, 0.4) is 0 Å². The van der Waals surface area contributed by atoms with Gasteiger partial charge in [0.05, 0.1) is 0 Å². The SMILES string of the molecule is O=C([NH][Ti+2][C]1=CC=CC1)C1CCCCC1.[Cl-].[Cl-]. The molecule has 0 aromatic heterocycles. The van der Waals surface area contributed by atoms with Gasteiger partial charge in [0.15, 0.2) is 0 Å². The molecule has 0 aromatic rings. The van der Waals surface area contributed by atoms with Crippen molar-refractivity contribution in [2.75, 3.05) is 0 Å². The minimum absolute atomic E-state index is 0. The molecule has 0 radical (unpaired) electrons. The van der Waals surface area contributed by atoms with Crippen molar-refractivity contribution in [1.29, 1.82) is 0 Å². The summed E-state index contributed by atoms with van der Waals surface area (Å²) in [6, 6.07) is 0. The summed E-state index contributed by atoms with van der Waals surface area (Å²) in [6.45, 7) is 0. The summed E-state index contributed by atoms with van der Waals surface area (Å²) >= 11 is -0.381. The van der Waals surface area contributed by atoms with Crippen LogP contribution in [-0.4, -0.2) is 5.91 Å². The van der Waals surface area contributed by atoms with Crippen molar-refractivity contribution in [3.05, 3.63) is 22.1 Å². The maximum absolute atomic E-state index is 11.8. The van der Waals surface area contributed by atoms with E-state index in [4.69, 9.17) is 0 Å². The molecule has 94 valence electrons. The smallest absolute Gasteiger partial charge is 1.00 e. The average molecular weight is 310 g/mol. The van der Waals surface area contributed by atoms with Crippen molar-refractivity contribution >= 4 is 5.91 Å².